The number of rotatable bonds is 6. The highest BCUT2D eigenvalue weighted by Gasteiger charge is 1.94. The number of nitrogens with zero attached hydrogens (tertiary/aromatic N) is 1. The van der Waals surface area contributed by atoms with Crippen LogP contribution in [0.3, 0.4) is 0 Å². The van der Waals surface area contributed by atoms with Crippen LogP contribution in [0.25, 0.3) is 0 Å². The molecule has 0 aliphatic rings. The van der Waals surface area contributed by atoms with Crippen LogP contribution in [0.4, 0.5) is 0 Å². The van der Waals surface area contributed by atoms with Crippen LogP contribution in [0.1, 0.15) is 11.1 Å². The van der Waals surface area contributed by atoms with Crippen molar-refractivity contribution in [3.63, 3.8) is 0 Å². The van der Waals surface area contributed by atoms with Crippen molar-refractivity contribution in [2.75, 3.05) is 13.7 Å². The molecular formula is C15H19NO. The minimum atomic E-state index is 0.559. The van der Waals surface area contributed by atoms with Crippen LogP contribution >= 0.6 is 0 Å². The lowest BCUT2D eigenvalue weighted by Gasteiger charge is -2.05. The lowest BCUT2D eigenvalue weighted by atomic mass is 10.2. The van der Waals surface area contributed by atoms with Crippen molar-refractivity contribution >= 4 is 6.21 Å². The fourth-order valence-corrected chi connectivity index (χ4v) is 1.32. The molecule has 0 aliphatic heterocycles. The van der Waals surface area contributed by atoms with Gasteiger partial charge in [-0.15, -0.1) is 0 Å². The first kappa shape index (κ1) is 13.4. The Bertz CT molecular complexity index is 401. The van der Waals surface area contributed by atoms with Gasteiger partial charge in [0.15, 0.2) is 0 Å². The van der Waals surface area contributed by atoms with E-state index in [-0.39, 0.29) is 0 Å². The Balaban J connectivity index is 2.41. The Morgan fingerprint density at radius 3 is 2.65 bits per heavy atom. The van der Waals surface area contributed by atoms with Crippen molar-refractivity contribution in [1.29, 1.82) is 0 Å². The highest BCUT2D eigenvalue weighted by atomic mass is 16.5. The topological polar surface area (TPSA) is 21.6 Å². The lowest BCUT2D eigenvalue weighted by Crippen LogP contribution is -1.97. The summed E-state index contributed by atoms with van der Waals surface area (Å²) in [6, 6.07) is 8.35. The standard InChI is InChI=1S/C15H19NO/c1-4-14(9-10-16-3)11-17-12-15-7-5-13(2)6-8-15/h4-10H,1,11-12H2,2-3H3/b14-9+,16-10-. The molecule has 0 radical (unpaired) electrons. The van der Waals surface area contributed by atoms with E-state index in [0.717, 1.165) is 5.57 Å². The van der Waals surface area contributed by atoms with Crippen LogP contribution in [0, 0.1) is 6.92 Å². The van der Waals surface area contributed by atoms with Crippen molar-refractivity contribution in [3.05, 3.63) is 59.7 Å². The summed E-state index contributed by atoms with van der Waals surface area (Å²) in [5.74, 6) is 0. The zero-order chi connectivity index (χ0) is 12.5. The molecular weight excluding hydrogens is 210 g/mol. The fraction of sp³-hybridized carbons (Fsp3) is 0.267. The molecule has 1 aromatic carbocycles. The van der Waals surface area contributed by atoms with Gasteiger partial charge < -0.3 is 4.74 Å². The molecule has 0 amide bonds. The molecule has 0 unspecified atom stereocenters. The van der Waals surface area contributed by atoms with Crippen LogP contribution in [0.5, 0.6) is 0 Å². The Labute approximate surface area is 103 Å². The van der Waals surface area contributed by atoms with Crippen molar-refractivity contribution in [2.45, 2.75) is 13.5 Å². The van der Waals surface area contributed by atoms with Crippen LogP contribution in [0.15, 0.2) is 53.6 Å². The van der Waals surface area contributed by atoms with Crippen molar-refractivity contribution < 1.29 is 4.74 Å². The number of hydrogen-bond acceptors (Lipinski definition) is 2. The largest absolute Gasteiger partial charge is 0.372 e. The second-order valence-electron chi connectivity index (χ2n) is 3.83. The third-order valence-corrected chi connectivity index (χ3v) is 2.36. The first-order valence-corrected chi connectivity index (χ1v) is 5.63. The van der Waals surface area contributed by atoms with Gasteiger partial charge in [0.05, 0.1) is 13.2 Å². The summed E-state index contributed by atoms with van der Waals surface area (Å²) in [5, 5.41) is 0. The molecule has 90 valence electrons. The van der Waals surface area contributed by atoms with Gasteiger partial charge in [0.1, 0.15) is 0 Å². The third-order valence-electron chi connectivity index (χ3n) is 2.36. The molecule has 0 saturated carbocycles. The first-order chi connectivity index (χ1) is 8.26. The smallest absolute Gasteiger partial charge is 0.0721 e. The number of allylic oxidation sites excluding steroid dienone is 1. The van der Waals surface area contributed by atoms with Gasteiger partial charge in [-0.2, -0.15) is 0 Å². The fourth-order valence-electron chi connectivity index (χ4n) is 1.32. The van der Waals surface area contributed by atoms with E-state index in [2.05, 4.69) is 42.8 Å². The predicted molar refractivity (Wildman–Crippen MR) is 73.5 cm³/mol. The Hall–Kier alpha value is -1.67. The van der Waals surface area contributed by atoms with E-state index in [0.29, 0.717) is 13.2 Å². The van der Waals surface area contributed by atoms with Crippen molar-refractivity contribution in [3.8, 4) is 0 Å². The second-order valence-corrected chi connectivity index (χ2v) is 3.83. The third kappa shape index (κ3) is 5.27. The minimum absolute atomic E-state index is 0.559. The molecule has 0 heterocycles. The molecule has 0 N–H and O–H groups in total. The van der Waals surface area contributed by atoms with Gasteiger partial charge in [0.2, 0.25) is 0 Å². The average Bonchev–Trinajstić information content (AvgIpc) is 2.36. The molecule has 0 fully saturated rings. The van der Waals surface area contributed by atoms with Gasteiger partial charge in [0.25, 0.3) is 0 Å². The number of hydrogen-bond donors (Lipinski definition) is 0. The highest BCUT2D eigenvalue weighted by molar-refractivity contribution is 5.72. The minimum Gasteiger partial charge on any atom is -0.372 e. The summed E-state index contributed by atoms with van der Waals surface area (Å²) in [6.07, 6.45) is 5.44. The van der Waals surface area contributed by atoms with E-state index in [1.807, 2.05) is 6.08 Å². The molecule has 1 rings (SSSR count). The maximum Gasteiger partial charge on any atom is 0.0721 e. The second kappa shape index (κ2) is 7.58. The summed E-state index contributed by atoms with van der Waals surface area (Å²) < 4.78 is 5.61. The Morgan fingerprint density at radius 2 is 2.06 bits per heavy atom. The SMILES string of the molecule is C=C/C(=C\C=N/C)COCc1ccc(C)cc1. The summed E-state index contributed by atoms with van der Waals surface area (Å²) >= 11 is 0. The quantitative estimate of drug-likeness (QED) is 0.541. The van der Waals surface area contributed by atoms with Gasteiger partial charge in [-0.25, -0.2) is 0 Å². The van der Waals surface area contributed by atoms with Crippen molar-refractivity contribution in [2.24, 2.45) is 4.99 Å². The summed E-state index contributed by atoms with van der Waals surface area (Å²) in [5.41, 5.74) is 3.48. The van der Waals surface area contributed by atoms with Gasteiger partial charge >= 0.3 is 0 Å². The molecule has 2 heteroatoms. The summed E-state index contributed by atoms with van der Waals surface area (Å²) in [6.45, 7) is 7.00. The predicted octanol–water partition coefficient (Wildman–Crippen LogP) is 3.32. The maximum atomic E-state index is 5.61. The summed E-state index contributed by atoms with van der Waals surface area (Å²) in [4.78, 5) is 3.89. The van der Waals surface area contributed by atoms with Gasteiger partial charge in [-0.05, 0) is 24.1 Å². The molecule has 0 spiro atoms. The maximum absolute atomic E-state index is 5.61. The van der Waals surface area contributed by atoms with Gasteiger partial charge in [0, 0.05) is 13.3 Å². The van der Waals surface area contributed by atoms with E-state index in [9.17, 15) is 0 Å². The Morgan fingerprint density at radius 1 is 1.35 bits per heavy atom. The molecule has 2 nitrogen and oxygen atoms in total. The zero-order valence-electron chi connectivity index (χ0n) is 10.5. The number of ether oxygens (including phenoxy) is 1. The summed E-state index contributed by atoms with van der Waals surface area (Å²) in [7, 11) is 1.74. The number of aryl methyl sites for hydroxylation is 1. The molecule has 0 atom stereocenters. The number of benzene rings is 1. The Kier molecular flexibility index (Phi) is 5.97. The highest BCUT2D eigenvalue weighted by Crippen LogP contribution is 2.06. The number of aliphatic imine (C=N–C) groups is 1. The van der Waals surface area contributed by atoms with Crippen LogP contribution < -0.4 is 0 Å². The lowest BCUT2D eigenvalue weighted by molar-refractivity contribution is 0.144. The van der Waals surface area contributed by atoms with Crippen molar-refractivity contribution in [1.82, 2.24) is 0 Å². The first-order valence-electron chi connectivity index (χ1n) is 5.63. The van der Waals surface area contributed by atoms with E-state index in [4.69, 9.17) is 4.74 Å². The average molecular weight is 229 g/mol. The van der Waals surface area contributed by atoms with E-state index in [1.54, 1.807) is 19.3 Å². The van der Waals surface area contributed by atoms with Gasteiger partial charge in [-0.3, -0.25) is 4.99 Å². The molecule has 0 aromatic heterocycles. The normalized spacial score (nSPS) is 12.0. The van der Waals surface area contributed by atoms with E-state index >= 15 is 0 Å². The van der Waals surface area contributed by atoms with Crippen LogP contribution in [-0.2, 0) is 11.3 Å². The van der Waals surface area contributed by atoms with Crippen LogP contribution in [0.2, 0.25) is 0 Å². The van der Waals surface area contributed by atoms with E-state index in [1.165, 1.54) is 11.1 Å². The molecule has 0 aliphatic carbocycles. The van der Waals surface area contributed by atoms with Gasteiger partial charge in [-0.1, -0.05) is 42.5 Å². The molecule has 17 heavy (non-hydrogen) atoms. The van der Waals surface area contributed by atoms with E-state index < -0.39 is 0 Å². The molecule has 0 saturated heterocycles. The molecule has 1 aromatic rings. The zero-order valence-corrected chi connectivity index (χ0v) is 10.5. The monoisotopic (exact) mass is 229 g/mol. The van der Waals surface area contributed by atoms with Crippen LogP contribution in [-0.4, -0.2) is 19.9 Å². The molecule has 0 bridgehead atoms.